The molecule has 2 heterocycles. The molecule has 98 valence electrons. The Kier molecular flexibility index (Phi) is 3.37. The van der Waals surface area contributed by atoms with Crippen molar-refractivity contribution in [3.63, 3.8) is 0 Å². The standard InChI is InChI=1S/C14H16N4O/c19-14-13(6-3-7-15-14)17-9-10-8-16-11-4-1-2-5-12(11)18-10/h1-2,4-5,8,13,17H,3,6-7,9H2,(H,15,19). The van der Waals surface area contributed by atoms with E-state index < -0.39 is 0 Å². The van der Waals surface area contributed by atoms with Crippen molar-refractivity contribution >= 4 is 16.9 Å². The fourth-order valence-electron chi connectivity index (χ4n) is 2.28. The molecule has 1 amide bonds. The number of hydrogen-bond donors (Lipinski definition) is 2. The van der Waals surface area contributed by atoms with Crippen LogP contribution in [0.2, 0.25) is 0 Å². The smallest absolute Gasteiger partial charge is 0.237 e. The first kappa shape index (κ1) is 12.0. The highest BCUT2D eigenvalue weighted by Gasteiger charge is 2.21. The summed E-state index contributed by atoms with van der Waals surface area (Å²) in [6, 6.07) is 7.67. The first-order valence-electron chi connectivity index (χ1n) is 6.55. The summed E-state index contributed by atoms with van der Waals surface area (Å²) in [6.45, 7) is 1.35. The molecule has 1 aliphatic rings. The minimum absolute atomic E-state index is 0.0833. The predicted octanol–water partition coefficient (Wildman–Crippen LogP) is 0.998. The zero-order valence-electron chi connectivity index (χ0n) is 10.6. The second-order valence-corrected chi connectivity index (χ2v) is 4.72. The molecule has 1 aromatic carbocycles. The average Bonchev–Trinajstić information content (AvgIpc) is 2.46. The first-order chi connectivity index (χ1) is 9.33. The highest BCUT2D eigenvalue weighted by molar-refractivity contribution is 5.82. The molecule has 2 aromatic rings. The summed E-state index contributed by atoms with van der Waals surface area (Å²) in [5.74, 6) is 0.0833. The number of amides is 1. The second-order valence-electron chi connectivity index (χ2n) is 4.72. The zero-order chi connectivity index (χ0) is 13.1. The van der Waals surface area contributed by atoms with E-state index in [0.29, 0.717) is 6.54 Å². The van der Waals surface area contributed by atoms with E-state index in [1.165, 1.54) is 0 Å². The third kappa shape index (κ3) is 2.71. The van der Waals surface area contributed by atoms with Gasteiger partial charge in [0, 0.05) is 13.1 Å². The van der Waals surface area contributed by atoms with Crippen LogP contribution in [-0.4, -0.2) is 28.5 Å². The number of aromatic nitrogens is 2. The molecule has 0 saturated carbocycles. The third-order valence-corrected chi connectivity index (χ3v) is 3.31. The van der Waals surface area contributed by atoms with Crippen molar-refractivity contribution in [3.8, 4) is 0 Å². The number of piperidine rings is 1. The molecule has 0 radical (unpaired) electrons. The molecule has 1 unspecified atom stereocenters. The zero-order valence-corrected chi connectivity index (χ0v) is 10.6. The van der Waals surface area contributed by atoms with E-state index in [2.05, 4.69) is 20.6 Å². The van der Waals surface area contributed by atoms with Gasteiger partial charge in [0.2, 0.25) is 5.91 Å². The van der Waals surface area contributed by atoms with Crippen LogP contribution in [0.3, 0.4) is 0 Å². The van der Waals surface area contributed by atoms with Gasteiger partial charge in [-0.1, -0.05) is 12.1 Å². The van der Waals surface area contributed by atoms with E-state index in [1.807, 2.05) is 24.3 Å². The largest absolute Gasteiger partial charge is 0.355 e. The van der Waals surface area contributed by atoms with Crippen LogP contribution in [0.1, 0.15) is 18.5 Å². The van der Waals surface area contributed by atoms with Gasteiger partial charge in [0.25, 0.3) is 0 Å². The minimum atomic E-state index is -0.109. The van der Waals surface area contributed by atoms with Crippen molar-refractivity contribution in [2.75, 3.05) is 6.54 Å². The van der Waals surface area contributed by atoms with Crippen LogP contribution < -0.4 is 10.6 Å². The maximum atomic E-state index is 11.6. The molecule has 3 rings (SSSR count). The van der Waals surface area contributed by atoms with Gasteiger partial charge in [-0.05, 0) is 25.0 Å². The van der Waals surface area contributed by atoms with Crippen LogP contribution >= 0.6 is 0 Å². The van der Waals surface area contributed by atoms with Crippen molar-refractivity contribution in [2.45, 2.75) is 25.4 Å². The van der Waals surface area contributed by atoms with Crippen molar-refractivity contribution in [3.05, 3.63) is 36.2 Å². The Morgan fingerprint density at radius 2 is 2.16 bits per heavy atom. The summed E-state index contributed by atoms with van der Waals surface area (Å²) in [5.41, 5.74) is 2.63. The second kappa shape index (κ2) is 5.32. The SMILES string of the molecule is O=C1NCCCC1NCc1cnc2ccccc2n1. The van der Waals surface area contributed by atoms with Gasteiger partial charge in [-0.3, -0.25) is 9.78 Å². The van der Waals surface area contributed by atoms with Crippen molar-refractivity contribution in [1.82, 2.24) is 20.6 Å². The molecule has 2 N–H and O–H groups in total. The number of carbonyl (C=O) groups is 1. The number of hydrogen-bond acceptors (Lipinski definition) is 4. The average molecular weight is 256 g/mol. The summed E-state index contributed by atoms with van der Waals surface area (Å²) in [6.07, 6.45) is 3.66. The number of carbonyl (C=O) groups excluding carboxylic acids is 1. The van der Waals surface area contributed by atoms with Gasteiger partial charge in [-0.25, -0.2) is 4.98 Å². The van der Waals surface area contributed by atoms with Crippen molar-refractivity contribution < 1.29 is 4.79 Å². The van der Waals surface area contributed by atoms with Gasteiger partial charge in [0.15, 0.2) is 0 Å². The van der Waals surface area contributed by atoms with Gasteiger partial charge >= 0.3 is 0 Å². The monoisotopic (exact) mass is 256 g/mol. The lowest BCUT2D eigenvalue weighted by molar-refractivity contribution is -0.124. The van der Waals surface area contributed by atoms with Crippen LogP contribution in [-0.2, 0) is 11.3 Å². The van der Waals surface area contributed by atoms with Gasteiger partial charge in [0.1, 0.15) is 0 Å². The molecule has 5 heteroatoms. The molecular formula is C14H16N4O. The molecule has 1 saturated heterocycles. The summed E-state index contributed by atoms with van der Waals surface area (Å²) < 4.78 is 0. The van der Waals surface area contributed by atoms with Gasteiger partial charge in [-0.15, -0.1) is 0 Å². The highest BCUT2D eigenvalue weighted by atomic mass is 16.2. The van der Waals surface area contributed by atoms with E-state index >= 15 is 0 Å². The molecule has 0 bridgehead atoms. The van der Waals surface area contributed by atoms with Gasteiger partial charge in [-0.2, -0.15) is 0 Å². The van der Waals surface area contributed by atoms with Crippen molar-refractivity contribution in [2.24, 2.45) is 0 Å². The molecule has 0 aliphatic carbocycles. The minimum Gasteiger partial charge on any atom is -0.355 e. The number of nitrogens with one attached hydrogen (secondary N) is 2. The van der Waals surface area contributed by atoms with E-state index in [1.54, 1.807) is 6.20 Å². The van der Waals surface area contributed by atoms with Crippen LogP contribution in [0.25, 0.3) is 11.0 Å². The number of rotatable bonds is 3. The maximum Gasteiger partial charge on any atom is 0.237 e. The summed E-state index contributed by atoms with van der Waals surface area (Å²) in [7, 11) is 0. The number of nitrogens with zero attached hydrogens (tertiary/aromatic N) is 2. The van der Waals surface area contributed by atoms with E-state index in [-0.39, 0.29) is 11.9 Å². The Hall–Kier alpha value is -2.01. The Balaban J connectivity index is 1.69. The highest BCUT2D eigenvalue weighted by Crippen LogP contribution is 2.09. The Labute approximate surface area is 111 Å². The molecule has 1 aromatic heterocycles. The third-order valence-electron chi connectivity index (χ3n) is 3.31. The fourth-order valence-corrected chi connectivity index (χ4v) is 2.28. The molecular weight excluding hydrogens is 240 g/mol. The van der Waals surface area contributed by atoms with E-state index in [4.69, 9.17) is 0 Å². The lowest BCUT2D eigenvalue weighted by Crippen LogP contribution is -2.48. The van der Waals surface area contributed by atoms with E-state index in [0.717, 1.165) is 36.1 Å². The molecule has 1 fully saturated rings. The van der Waals surface area contributed by atoms with Crippen molar-refractivity contribution in [1.29, 1.82) is 0 Å². The number of fused-ring (bicyclic) bond motifs is 1. The number of para-hydroxylation sites is 2. The quantitative estimate of drug-likeness (QED) is 0.859. The molecule has 19 heavy (non-hydrogen) atoms. The number of benzene rings is 1. The van der Waals surface area contributed by atoms with E-state index in [9.17, 15) is 4.79 Å². The van der Waals surface area contributed by atoms with Crippen LogP contribution in [0.15, 0.2) is 30.5 Å². The van der Waals surface area contributed by atoms with Crippen LogP contribution in [0.4, 0.5) is 0 Å². The Morgan fingerprint density at radius 3 is 3.00 bits per heavy atom. The molecule has 0 spiro atoms. The molecule has 5 nitrogen and oxygen atoms in total. The van der Waals surface area contributed by atoms with Crippen LogP contribution in [0, 0.1) is 0 Å². The molecule has 1 aliphatic heterocycles. The predicted molar refractivity (Wildman–Crippen MR) is 72.4 cm³/mol. The lowest BCUT2D eigenvalue weighted by Gasteiger charge is -2.22. The maximum absolute atomic E-state index is 11.6. The lowest BCUT2D eigenvalue weighted by atomic mass is 10.1. The van der Waals surface area contributed by atoms with Crippen LogP contribution in [0.5, 0.6) is 0 Å². The normalized spacial score (nSPS) is 19.4. The Bertz CT molecular complexity index is 599. The summed E-state index contributed by atoms with van der Waals surface area (Å²) in [4.78, 5) is 20.5. The van der Waals surface area contributed by atoms with Gasteiger partial charge in [0.05, 0.1) is 29.0 Å². The fraction of sp³-hybridized carbons (Fsp3) is 0.357. The van der Waals surface area contributed by atoms with Gasteiger partial charge < -0.3 is 10.6 Å². The topological polar surface area (TPSA) is 66.9 Å². The summed E-state index contributed by atoms with van der Waals surface area (Å²) in [5, 5.41) is 6.10. The summed E-state index contributed by atoms with van der Waals surface area (Å²) >= 11 is 0. The Morgan fingerprint density at radius 1 is 1.32 bits per heavy atom. The first-order valence-corrected chi connectivity index (χ1v) is 6.55. The molecule has 1 atom stereocenters.